The SMILES string of the molecule is Clc1cccc(Cl)c1Nc1ccccc1Cc1nnc(Cc2ccc(-c3ccccc3)cc2)o1. The Morgan fingerprint density at radius 1 is 0.618 bits per heavy atom. The number of halogens is 2. The standard InChI is InChI=1S/C28H21Cl2N3O/c29-23-10-6-11-24(30)28(23)31-25-12-5-4-9-22(25)18-27-33-32-26(34-27)17-19-13-15-21(16-14-19)20-7-2-1-3-8-20/h1-16,31H,17-18H2. The number of benzene rings is 4. The van der Waals surface area contributed by atoms with Crippen molar-refractivity contribution < 1.29 is 4.42 Å². The molecule has 0 amide bonds. The molecule has 1 heterocycles. The molecule has 0 aliphatic rings. The molecule has 4 nitrogen and oxygen atoms in total. The van der Waals surface area contributed by atoms with E-state index in [4.69, 9.17) is 27.6 Å². The highest BCUT2D eigenvalue weighted by molar-refractivity contribution is 6.39. The molecular weight excluding hydrogens is 465 g/mol. The molecule has 4 aromatic carbocycles. The molecule has 1 N–H and O–H groups in total. The van der Waals surface area contributed by atoms with Crippen LogP contribution in [0.3, 0.4) is 0 Å². The molecule has 6 heteroatoms. The molecule has 0 atom stereocenters. The summed E-state index contributed by atoms with van der Waals surface area (Å²) in [6.07, 6.45) is 1.07. The van der Waals surface area contributed by atoms with E-state index in [2.05, 4.69) is 51.9 Å². The highest BCUT2D eigenvalue weighted by Gasteiger charge is 2.13. The number of anilines is 2. The van der Waals surface area contributed by atoms with Gasteiger partial charge in [0.2, 0.25) is 11.8 Å². The van der Waals surface area contributed by atoms with E-state index in [9.17, 15) is 0 Å². The van der Waals surface area contributed by atoms with Crippen LogP contribution in [0.4, 0.5) is 11.4 Å². The predicted octanol–water partition coefficient (Wildman–Crippen LogP) is 7.97. The smallest absolute Gasteiger partial charge is 0.221 e. The molecular formula is C28H21Cl2N3O. The van der Waals surface area contributed by atoms with Gasteiger partial charge in [-0.1, -0.05) is 102 Å². The second kappa shape index (κ2) is 10.1. The molecule has 0 bridgehead atoms. The maximum Gasteiger partial charge on any atom is 0.221 e. The van der Waals surface area contributed by atoms with Gasteiger partial charge in [-0.3, -0.25) is 0 Å². The minimum Gasteiger partial charge on any atom is -0.425 e. The van der Waals surface area contributed by atoms with Crippen molar-refractivity contribution in [1.82, 2.24) is 10.2 Å². The summed E-state index contributed by atoms with van der Waals surface area (Å²) < 4.78 is 5.96. The Balaban J connectivity index is 1.29. The maximum atomic E-state index is 6.33. The van der Waals surface area contributed by atoms with Crippen molar-refractivity contribution in [2.24, 2.45) is 0 Å². The topological polar surface area (TPSA) is 51.0 Å². The van der Waals surface area contributed by atoms with E-state index >= 15 is 0 Å². The molecule has 0 aliphatic carbocycles. The van der Waals surface area contributed by atoms with Crippen LogP contribution >= 0.6 is 23.2 Å². The lowest BCUT2D eigenvalue weighted by molar-refractivity contribution is 0.466. The van der Waals surface area contributed by atoms with E-state index in [0.29, 0.717) is 40.4 Å². The van der Waals surface area contributed by atoms with Gasteiger partial charge in [0.25, 0.3) is 0 Å². The van der Waals surface area contributed by atoms with Gasteiger partial charge in [0.1, 0.15) is 0 Å². The van der Waals surface area contributed by atoms with Crippen LogP contribution in [0.2, 0.25) is 10.0 Å². The predicted molar refractivity (Wildman–Crippen MR) is 138 cm³/mol. The maximum absolute atomic E-state index is 6.33. The van der Waals surface area contributed by atoms with E-state index in [1.54, 1.807) is 12.1 Å². The normalized spacial score (nSPS) is 10.9. The zero-order valence-corrected chi connectivity index (χ0v) is 19.7. The Bertz CT molecular complexity index is 1380. The Morgan fingerprint density at radius 2 is 1.24 bits per heavy atom. The molecule has 0 saturated carbocycles. The monoisotopic (exact) mass is 485 g/mol. The Kier molecular flexibility index (Phi) is 6.61. The van der Waals surface area contributed by atoms with Crippen molar-refractivity contribution in [3.05, 3.63) is 130 Å². The van der Waals surface area contributed by atoms with Crippen LogP contribution in [0, 0.1) is 0 Å². The third-order valence-corrected chi connectivity index (χ3v) is 6.14. The van der Waals surface area contributed by atoms with Gasteiger partial charge in [-0.2, -0.15) is 0 Å². The summed E-state index contributed by atoms with van der Waals surface area (Å²) in [6.45, 7) is 0. The number of nitrogens with zero attached hydrogens (tertiary/aromatic N) is 2. The summed E-state index contributed by atoms with van der Waals surface area (Å²) in [4.78, 5) is 0. The summed E-state index contributed by atoms with van der Waals surface area (Å²) in [5.41, 5.74) is 6.04. The van der Waals surface area contributed by atoms with Crippen molar-refractivity contribution >= 4 is 34.6 Å². The first kappa shape index (κ1) is 22.2. The van der Waals surface area contributed by atoms with Gasteiger partial charge in [-0.05, 0) is 40.5 Å². The number of nitrogens with one attached hydrogen (secondary N) is 1. The van der Waals surface area contributed by atoms with E-state index in [1.807, 2.05) is 48.5 Å². The Labute approximate surface area is 208 Å². The van der Waals surface area contributed by atoms with Crippen molar-refractivity contribution in [2.45, 2.75) is 12.8 Å². The van der Waals surface area contributed by atoms with E-state index in [1.165, 1.54) is 11.1 Å². The molecule has 1 aromatic heterocycles. The number of hydrogen-bond acceptors (Lipinski definition) is 4. The first-order valence-corrected chi connectivity index (χ1v) is 11.7. The average molecular weight is 486 g/mol. The highest BCUT2D eigenvalue weighted by atomic mass is 35.5. The van der Waals surface area contributed by atoms with Gasteiger partial charge in [0.05, 0.1) is 28.6 Å². The molecule has 5 aromatic rings. The summed E-state index contributed by atoms with van der Waals surface area (Å²) in [7, 11) is 0. The second-order valence-electron chi connectivity index (χ2n) is 7.88. The largest absolute Gasteiger partial charge is 0.425 e. The first-order valence-electron chi connectivity index (χ1n) is 10.9. The average Bonchev–Trinajstić information content (AvgIpc) is 3.30. The number of para-hydroxylation sites is 2. The van der Waals surface area contributed by atoms with Crippen molar-refractivity contribution in [2.75, 3.05) is 5.32 Å². The third kappa shape index (κ3) is 5.14. The molecule has 0 fully saturated rings. The van der Waals surface area contributed by atoms with Crippen LogP contribution < -0.4 is 5.32 Å². The zero-order valence-electron chi connectivity index (χ0n) is 18.2. The summed E-state index contributed by atoms with van der Waals surface area (Å²) in [5, 5.41) is 13.0. The second-order valence-corrected chi connectivity index (χ2v) is 8.70. The van der Waals surface area contributed by atoms with E-state index < -0.39 is 0 Å². The van der Waals surface area contributed by atoms with Crippen LogP contribution in [0.15, 0.2) is 101 Å². The quantitative estimate of drug-likeness (QED) is 0.254. The molecule has 0 saturated heterocycles. The molecule has 0 spiro atoms. The number of hydrogen-bond donors (Lipinski definition) is 1. The number of rotatable bonds is 7. The molecule has 34 heavy (non-hydrogen) atoms. The van der Waals surface area contributed by atoms with Crippen molar-refractivity contribution in [3.63, 3.8) is 0 Å². The van der Waals surface area contributed by atoms with Gasteiger partial charge in [-0.25, -0.2) is 0 Å². The fourth-order valence-electron chi connectivity index (χ4n) is 3.76. The minimum absolute atomic E-state index is 0.491. The molecule has 0 aliphatic heterocycles. The first-order chi connectivity index (χ1) is 16.7. The fraction of sp³-hybridized carbons (Fsp3) is 0.0714. The van der Waals surface area contributed by atoms with Crippen LogP contribution in [0.1, 0.15) is 22.9 Å². The Hall–Kier alpha value is -3.60. The third-order valence-electron chi connectivity index (χ3n) is 5.51. The summed E-state index contributed by atoms with van der Waals surface area (Å²) in [5.74, 6) is 1.14. The van der Waals surface area contributed by atoms with Gasteiger partial charge in [0, 0.05) is 5.69 Å². The van der Waals surface area contributed by atoms with Crippen LogP contribution in [-0.4, -0.2) is 10.2 Å². The number of aromatic nitrogens is 2. The van der Waals surface area contributed by atoms with Gasteiger partial charge < -0.3 is 9.73 Å². The lowest BCUT2D eigenvalue weighted by Gasteiger charge is -2.13. The highest BCUT2D eigenvalue weighted by Crippen LogP contribution is 2.34. The summed E-state index contributed by atoms with van der Waals surface area (Å²) in [6, 6.07) is 32.1. The molecule has 0 radical (unpaired) electrons. The van der Waals surface area contributed by atoms with Crippen LogP contribution in [0.5, 0.6) is 0 Å². The Morgan fingerprint density at radius 3 is 1.97 bits per heavy atom. The van der Waals surface area contributed by atoms with Crippen LogP contribution in [-0.2, 0) is 12.8 Å². The van der Waals surface area contributed by atoms with Gasteiger partial charge in [-0.15, -0.1) is 10.2 Å². The lowest BCUT2D eigenvalue weighted by atomic mass is 10.0. The molecule has 168 valence electrons. The van der Waals surface area contributed by atoms with Crippen molar-refractivity contribution in [1.29, 1.82) is 0 Å². The van der Waals surface area contributed by atoms with Crippen LogP contribution in [0.25, 0.3) is 11.1 Å². The van der Waals surface area contributed by atoms with Crippen molar-refractivity contribution in [3.8, 4) is 11.1 Å². The zero-order chi connectivity index (χ0) is 23.3. The van der Waals surface area contributed by atoms with Gasteiger partial charge in [0.15, 0.2) is 0 Å². The van der Waals surface area contributed by atoms with Gasteiger partial charge >= 0.3 is 0 Å². The van der Waals surface area contributed by atoms with E-state index in [0.717, 1.165) is 16.8 Å². The molecule has 5 rings (SSSR count). The molecule has 0 unspecified atom stereocenters. The lowest BCUT2D eigenvalue weighted by Crippen LogP contribution is -1.98. The minimum atomic E-state index is 0.491. The fourth-order valence-corrected chi connectivity index (χ4v) is 4.25. The summed E-state index contributed by atoms with van der Waals surface area (Å²) >= 11 is 12.7. The van der Waals surface area contributed by atoms with E-state index in [-0.39, 0.29) is 0 Å².